The molecule has 1 aromatic rings. The molecule has 0 bridgehead atoms. The molecule has 0 saturated heterocycles. The fraction of sp³-hybridized carbons (Fsp3) is 0.903. The summed E-state index contributed by atoms with van der Waals surface area (Å²) in [5, 5.41) is 0. The molecular weight excluding hydrogens is 400 g/mol. The van der Waals surface area contributed by atoms with Crippen LogP contribution in [0.25, 0.3) is 0 Å². The van der Waals surface area contributed by atoms with Crippen molar-refractivity contribution in [1.82, 2.24) is 4.57 Å². The topological polar surface area (TPSA) is 8.81 Å². The number of hydrogen-bond acceptors (Lipinski definition) is 0. The highest BCUT2D eigenvalue weighted by Crippen LogP contribution is 2.14. The van der Waals surface area contributed by atoms with Crippen LogP contribution in [0.5, 0.6) is 0 Å². The van der Waals surface area contributed by atoms with Gasteiger partial charge >= 0.3 is 0 Å². The molecule has 33 heavy (non-hydrogen) atoms. The average Bonchev–Trinajstić information content (AvgIpc) is 3.28. The third-order valence-corrected chi connectivity index (χ3v) is 7.29. The predicted octanol–water partition coefficient (Wildman–Crippen LogP) is 10.2. The zero-order chi connectivity index (χ0) is 23.7. The molecule has 1 rings (SSSR count). The summed E-state index contributed by atoms with van der Waals surface area (Å²) < 4.78 is 4.79. The van der Waals surface area contributed by atoms with Crippen molar-refractivity contribution in [3.63, 3.8) is 0 Å². The molecule has 0 atom stereocenters. The van der Waals surface area contributed by atoms with Gasteiger partial charge in [0.05, 0.1) is 13.1 Å². The van der Waals surface area contributed by atoms with E-state index in [2.05, 4.69) is 41.7 Å². The van der Waals surface area contributed by atoms with E-state index in [1.807, 2.05) is 0 Å². The molecule has 1 aromatic heterocycles. The highest BCUT2D eigenvalue weighted by molar-refractivity contribution is 4.66. The van der Waals surface area contributed by atoms with E-state index < -0.39 is 0 Å². The van der Waals surface area contributed by atoms with Crippen molar-refractivity contribution in [2.45, 2.75) is 181 Å². The maximum absolute atomic E-state index is 2.40. The van der Waals surface area contributed by atoms with Crippen LogP contribution in [0.3, 0.4) is 0 Å². The SMILES string of the molecule is CCCCCCCCCCCCCCCCCC[n+]1ccn(CCCCCCCCCC)c1. The third kappa shape index (κ3) is 20.3. The Morgan fingerprint density at radius 2 is 0.818 bits per heavy atom. The van der Waals surface area contributed by atoms with E-state index in [9.17, 15) is 0 Å². The minimum Gasteiger partial charge on any atom is -0.237 e. The van der Waals surface area contributed by atoms with E-state index in [0.29, 0.717) is 0 Å². The Hall–Kier alpha value is -0.790. The first-order valence-electron chi connectivity index (χ1n) is 15.4. The van der Waals surface area contributed by atoms with Crippen LogP contribution in [0.1, 0.15) is 168 Å². The van der Waals surface area contributed by atoms with Gasteiger partial charge in [0.2, 0.25) is 6.33 Å². The maximum Gasteiger partial charge on any atom is 0.243 e. The second-order valence-corrected chi connectivity index (χ2v) is 10.7. The summed E-state index contributed by atoms with van der Waals surface area (Å²) in [6.45, 7) is 6.99. The molecule has 0 amide bonds. The Balaban J connectivity index is 1.81. The summed E-state index contributed by atoms with van der Waals surface area (Å²) in [6, 6.07) is 0. The molecule has 0 saturated carbocycles. The third-order valence-electron chi connectivity index (χ3n) is 7.29. The lowest BCUT2D eigenvalue weighted by Crippen LogP contribution is -2.30. The molecular formula is C31H61N2+. The second kappa shape index (κ2) is 24.3. The van der Waals surface area contributed by atoms with Crippen molar-refractivity contribution in [2.24, 2.45) is 0 Å². The number of hydrogen-bond donors (Lipinski definition) is 0. The molecule has 0 spiro atoms. The standard InChI is InChI=1S/C31H61N2/c1-3-5-7-9-11-13-14-15-16-17-18-19-20-22-24-26-28-33-30-29-32(31-33)27-25-23-21-12-10-8-6-4-2/h29-31H,3-28H2,1-2H3/q+1. The Morgan fingerprint density at radius 1 is 0.455 bits per heavy atom. The molecule has 0 unspecified atom stereocenters. The van der Waals surface area contributed by atoms with Gasteiger partial charge in [0.1, 0.15) is 12.4 Å². The zero-order valence-electron chi connectivity index (χ0n) is 23.0. The monoisotopic (exact) mass is 461 g/mol. The number of unbranched alkanes of at least 4 members (excludes halogenated alkanes) is 22. The van der Waals surface area contributed by atoms with Crippen molar-refractivity contribution < 1.29 is 4.57 Å². The predicted molar refractivity (Wildman–Crippen MR) is 147 cm³/mol. The van der Waals surface area contributed by atoms with Gasteiger partial charge < -0.3 is 0 Å². The lowest BCUT2D eigenvalue weighted by Gasteiger charge is -2.03. The summed E-state index contributed by atoms with van der Waals surface area (Å²) in [5.74, 6) is 0. The minimum atomic E-state index is 1.20. The lowest BCUT2D eigenvalue weighted by atomic mass is 10.0. The first-order chi connectivity index (χ1) is 16.4. The van der Waals surface area contributed by atoms with E-state index in [1.165, 1.54) is 167 Å². The molecule has 0 aliphatic rings. The first kappa shape index (κ1) is 30.2. The van der Waals surface area contributed by atoms with Gasteiger partial charge in [-0.15, -0.1) is 0 Å². The highest BCUT2D eigenvalue weighted by Gasteiger charge is 2.03. The summed E-state index contributed by atoms with van der Waals surface area (Å²) >= 11 is 0. The van der Waals surface area contributed by atoms with Crippen molar-refractivity contribution in [3.8, 4) is 0 Å². The Bertz CT molecular complexity index is 493. The van der Waals surface area contributed by atoms with Gasteiger partial charge in [0.25, 0.3) is 0 Å². The van der Waals surface area contributed by atoms with Crippen molar-refractivity contribution in [3.05, 3.63) is 18.7 Å². The smallest absolute Gasteiger partial charge is 0.237 e. The number of aryl methyl sites for hydroxylation is 2. The van der Waals surface area contributed by atoms with Crippen LogP contribution >= 0.6 is 0 Å². The fourth-order valence-electron chi connectivity index (χ4n) is 4.97. The summed E-state index contributed by atoms with van der Waals surface area (Å²) in [4.78, 5) is 0. The molecule has 0 aliphatic heterocycles. The summed E-state index contributed by atoms with van der Waals surface area (Å²) in [7, 11) is 0. The van der Waals surface area contributed by atoms with Gasteiger partial charge in [0.15, 0.2) is 0 Å². The molecule has 0 radical (unpaired) electrons. The van der Waals surface area contributed by atoms with Crippen LogP contribution in [0.2, 0.25) is 0 Å². The molecule has 194 valence electrons. The van der Waals surface area contributed by atoms with Crippen molar-refractivity contribution >= 4 is 0 Å². The van der Waals surface area contributed by atoms with Crippen LogP contribution < -0.4 is 4.57 Å². The normalized spacial score (nSPS) is 11.5. The lowest BCUT2D eigenvalue weighted by molar-refractivity contribution is -0.696. The second-order valence-electron chi connectivity index (χ2n) is 10.7. The molecule has 0 aromatic carbocycles. The summed E-state index contributed by atoms with van der Waals surface area (Å²) in [6.07, 6.45) is 41.2. The highest BCUT2D eigenvalue weighted by atomic mass is 15.1. The van der Waals surface area contributed by atoms with Gasteiger partial charge in [-0.3, -0.25) is 0 Å². The Morgan fingerprint density at radius 3 is 1.24 bits per heavy atom. The number of rotatable bonds is 26. The Labute approximate surface area is 208 Å². The van der Waals surface area contributed by atoms with E-state index in [-0.39, 0.29) is 0 Å². The van der Waals surface area contributed by atoms with Crippen molar-refractivity contribution in [1.29, 1.82) is 0 Å². The van der Waals surface area contributed by atoms with Crippen molar-refractivity contribution in [2.75, 3.05) is 0 Å². The van der Waals surface area contributed by atoms with E-state index >= 15 is 0 Å². The van der Waals surface area contributed by atoms with E-state index in [4.69, 9.17) is 0 Å². The molecule has 2 heteroatoms. The molecule has 1 heterocycles. The van der Waals surface area contributed by atoms with Gasteiger partial charge in [0, 0.05) is 0 Å². The van der Waals surface area contributed by atoms with Crippen LogP contribution in [-0.4, -0.2) is 4.57 Å². The molecule has 2 nitrogen and oxygen atoms in total. The van der Waals surface area contributed by atoms with Crippen LogP contribution in [0.15, 0.2) is 18.7 Å². The quantitative estimate of drug-likeness (QED) is 0.0958. The van der Waals surface area contributed by atoms with E-state index in [0.717, 1.165) is 0 Å². The first-order valence-corrected chi connectivity index (χ1v) is 15.4. The molecule has 0 N–H and O–H groups in total. The fourth-order valence-corrected chi connectivity index (χ4v) is 4.97. The molecule has 0 fully saturated rings. The maximum atomic E-state index is 2.40. The average molecular weight is 462 g/mol. The van der Waals surface area contributed by atoms with Gasteiger partial charge in [-0.05, 0) is 25.7 Å². The molecule has 0 aliphatic carbocycles. The number of imidazole rings is 1. The van der Waals surface area contributed by atoms with E-state index in [1.54, 1.807) is 0 Å². The number of nitrogens with zero attached hydrogens (tertiary/aromatic N) is 2. The van der Waals surface area contributed by atoms with Gasteiger partial charge in [-0.2, -0.15) is 0 Å². The van der Waals surface area contributed by atoms with Crippen LogP contribution in [0.4, 0.5) is 0 Å². The van der Waals surface area contributed by atoms with Gasteiger partial charge in [-0.1, -0.05) is 142 Å². The minimum absolute atomic E-state index is 1.20. The number of aromatic nitrogens is 2. The summed E-state index contributed by atoms with van der Waals surface area (Å²) in [5.41, 5.74) is 0. The van der Waals surface area contributed by atoms with Gasteiger partial charge in [-0.25, -0.2) is 9.13 Å². The van der Waals surface area contributed by atoms with Crippen LogP contribution in [-0.2, 0) is 13.1 Å². The largest absolute Gasteiger partial charge is 0.243 e. The Kier molecular flexibility index (Phi) is 22.3. The zero-order valence-corrected chi connectivity index (χ0v) is 23.0. The van der Waals surface area contributed by atoms with Crippen LogP contribution in [0, 0.1) is 0 Å².